The fourth-order valence-corrected chi connectivity index (χ4v) is 4.76. The van der Waals surface area contributed by atoms with Crippen molar-refractivity contribution in [1.29, 1.82) is 0 Å². The number of fused-ring (bicyclic) bond motifs is 1. The standard InChI is InChI=1S/C20H26N2O3/c23-18-6-2-1-4-15(18)17-5-3-11-22(17)20(25)14-7-9-16-13(12-14)8-10-19(24)21-16/h7,9,12,15,17-18,23H,1-6,8,10-11H2,(H,21,24)/t15-,17+,18+/m0/s1. The van der Waals surface area contributed by atoms with E-state index in [1.54, 1.807) is 0 Å². The molecule has 5 heteroatoms. The molecule has 0 unspecified atom stereocenters. The van der Waals surface area contributed by atoms with Crippen molar-refractivity contribution in [2.75, 3.05) is 11.9 Å². The minimum Gasteiger partial charge on any atom is -0.393 e. The molecule has 1 aromatic carbocycles. The van der Waals surface area contributed by atoms with Crippen LogP contribution in [-0.2, 0) is 11.2 Å². The summed E-state index contributed by atoms with van der Waals surface area (Å²) in [6.45, 7) is 0.778. The van der Waals surface area contributed by atoms with Crippen LogP contribution >= 0.6 is 0 Å². The molecule has 3 atom stereocenters. The molecule has 2 amide bonds. The molecule has 0 bridgehead atoms. The maximum Gasteiger partial charge on any atom is 0.254 e. The first-order valence-electron chi connectivity index (χ1n) is 9.55. The molecule has 134 valence electrons. The molecule has 0 spiro atoms. The summed E-state index contributed by atoms with van der Waals surface area (Å²) in [5.74, 6) is 0.328. The summed E-state index contributed by atoms with van der Waals surface area (Å²) in [6, 6.07) is 5.77. The van der Waals surface area contributed by atoms with Gasteiger partial charge in [0.1, 0.15) is 0 Å². The molecular formula is C20H26N2O3. The first-order chi connectivity index (χ1) is 12.1. The van der Waals surface area contributed by atoms with Crippen molar-refractivity contribution in [2.45, 2.75) is 63.5 Å². The molecule has 2 N–H and O–H groups in total. The number of likely N-dealkylation sites (tertiary alicyclic amines) is 1. The molecule has 0 aromatic heterocycles. The lowest BCUT2D eigenvalue weighted by molar-refractivity contribution is -0.116. The summed E-state index contributed by atoms with van der Waals surface area (Å²) >= 11 is 0. The van der Waals surface area contributed by atoms with Gasteiger partial charge in [-0.2, -0.15) is 0 Å². The zero-order chi connectivity index (χ0) is 17.4. The van der Waals surface area contributed by atoms with E-state index >= 15 is 0 Å². The first-order valence-corrected chi connectivity index (χ1v) is 9.55. The monoisotopic (exact) mass is 342 g/mol. The smallest absolute Gasteiger partial charge is 0.254 e. The van der Waals surface area contributed by atoms with E-state index in [-0.39, 0.29) is 29.9 Å². The van der Waals surface area contributed by atoms with Crippen LogP contribution in [-0.4, -0.2) is 40.5 Å². The Balaban J connectivity index is 1.54. The highest BCUT2D eigenvalue weighted by molar-refractivity contribution is 5.98. The maximum atomic E-state index is 13.1. The fourth-order valence-electron chi connectivity index (χ4n) is 4.76. The zero-order valence-electron chi connectivity index (χ0n) is 14.5. The fraction of sp³-hybridized carbons (Fsp3) is 0.600. The number of aliphatic hydroxyl groups excluding tert-OH is 1. The SMILES string of the molecule is O=C1CCc2cc(C(=O)N3CCC[C@@H]3[C@@H]3CCCC[C@H]3O)ccc2N1. The number of hydrogen-bond acceptors (Lipinski definition) is 3. The third kappa shape index (κ3) is 3.17. The van der Waals surface area contributed by atoms with Gasteiger partial charge in [-0.3, -0.25) is 9.59 Å². The van der Waals surface area contributed by atoms with E-state index in [9.17, 15) is 14.7 Å². The van der Waals surface area contributed by atoms with E-state index in [1.165, 1.54) is 0 Å². The van der Waals surface area contributed by atoms with Gasteiger partial charge in [-0.05, 0) is 55.9 Å². The van der Waals surface area contributed by atoms with Crippen molar-refractivity contribution in [1.82, 2.24) is 4.90 Å². The van der Waals surface area contributed by atoms with Gasteiger partial charge < -0.3 is 15.3 Å². The zero-order valence-corrected chi connectivity index (χ0v) is 14.5. The second-order valence-electron chi connectivity index (χ2n) is 7.64. The second kappa shape index (κ2) is 6.79. The Morgan fingerprint density at radius 3 is 2.80 bits per heavy atom. The quantitative estimate of drug-likeness (QED) is 0.868. The van der Waals surface area contributed by atoms with Gasteiger partial charge >= 0.3 is 0 Å². The van der Waals surface area contributed by atoms with Gasteiger partial charge in [0, 0.05) is 36.2 Å². The molecule has 2 fully saturated rings. The van der Waals surface area contributed by atoms with Crippen molar-refractivity contribution >= 4 is 17.5 Å². The Morgan fingerprint density at radius 1 is 1.12 bits per heavy atom. The number of aryl methyl sites for hydroxylation is 1. The molecule has 2 heterocycles. The molecule has 1 saturated heterocycles. The average Bonchev–Trinajstić information content (AvgIpc) is 3.10. The highest BCUT2D eigenvalue weighted by atomic mass is 16.3. The van der Waals surface area contributed by atoms with E-state index in [0.29, 0.717) is 18.4 Å². The molecule has 0 radical (unpaired) electrons. The van der Waals surface area contributed by atoms with Gasteiger partial charge in [-0.25, -0.2) is 0 Å². The van der Waals surface area contributed by atoms with Gasteiger partial charge in [-0.1, -0.05) is 12.8 Å². The molecular weight excluding hydrogens is 316 g/mol. The van der Waals surface area contributed by atoms with E-state index in [0.717, 1.165) is 56.3 Å². The van der Waals surface area contributed by atoms with Gasteiger partial charge in [-0.15, -0.1) is 0 Å². The largest absolute Gasteiger partial charge is 0.393 e. The topological polar surface area (TPSA) is 69.6 Å². The third-order valence-corrected chi connectivity index (χ3v) is 6.08. The average molecular weight is 342 g/mol. The molecule has 1 aromatic rings. The highest BCUT2D eigenvalue weighted by Gasteiger charge is 2.39. The summed E-state index contributed by atoms with van der Waals surface area (Å²) in [7, 11) is 0. The van der Waals surface area contributed by atoms with Crippen LogP contribution < -0.4 is 5.32 Å². The van der Waals surface area contributed by atoms with E-state index in [4.69, 9.17) is 0 Å². The van der Waals surface area contributed by atoms with Crippen LogP contribution in [0.25, 0.3) is 0 Å². The Morgan fingerprint density at radius 2 is 1.96 bits per heavy atom. The minimum atomic E-state index is -0.272. The Bertz CT molecular complexity index is 688. The number of benzene rings is 1. The van der Waals surface area contributed by atoms with Crippen LogP contribution in [0.15, 0.2) is 18.2 Å². The number of anilines is 1. The Labute approximate surface area is 148 Å². The van der Waals surface area contributed by atoms with Gasteiger partial charge in [0.2, 0.25) is 5.91 Å². The van der Waals surface area contributed by atoms with Crippen LogP contribution in [0, 0.1) is 5.92 Å². The van der Waals surface area contributed by atoms with Gasteiger partial charge in [0.15, 0.2) is 0 Å². The third-order valence-electron chi connectivity index (χ3n) is 6.08. The number of carbonyl (C=O) groups is 2. The normalized spacial score (nSPS) is 29.2. The summed E-state index contributed by atoms with van der Waals surface area (Å²) in [6.07, 6.45) is 7.03. The summed E-state index contributed by atoms with van der Waals surface area (Å²) in [5, 5.41) is 13.3. The van der Waals surface area contributed by atoms with Gasteiger partial charge in [0.05, 0.1) is 6.10 Å². The predicted molar refractivity (Wildman–Crippen MR) is 95.4 cm³/mol. The van der Waals surface area contributed by atoms with E-state index in [1.807, 2.05) is 23.1 Å². The lowest BCUT2D eigenvalue weighted by Crippen LogP contribution is -2.45. The lowest BCUT2D eigenvalue weighted by atomic mass is 9.80. The number of amides is 2. The van der Waals surface area contributed by atoms with E-state index in [2.05, 4.69) is 5.32 Å². The van der Waals surface area contributed by atoms with Gasteiger partial charge in [0.25, 0.3) is 5.91 Å². The number of carbonyl (C=O) groups excluding carboxylic acids is 2. The van der Waals surface area contributed by atoms with Crippen molar-refractivity contribution < 1.29 is 14.7 Å². The highest BCUT2D eigenvalue weighted by Crippen LogP contribution is 2.35. The molecule has 1 aliphatic carbocycles. The second-order valence-corrected chi connectivity index (χ2v) is 7.64. The number of hydrogen-bond donors (Lipinski definition) is 2. The predicted octanol–water partition coefficient (Wildman–Crippen LogP) is 2.73. The van der Waals surface area contributed by atoms with Crippen LogP contribution in [0.3, 0.4) is 0 Å². The van der Waals surface area contributed by atoms with Crippen LogP contribution in [0.1, 0.15) is 60.9 Å². The molecule has 2 aliphatic heterocycles. The number of nitrogens with one attached hydrogen (secondary N) is 1. The number of nitrogens with zero attached hydrogens (tertiary/aromatic N) is 1. The maximum absolute atomic E-state index is 13.1. The molecule has 1 saturated carbocycles. The van der Waals surface area contributed by atoms with Crippen molar-refractivity contribution in [2.24, 2.45) is 5.92 Å². The number of aliphatic hydroxyl groups is 1. The summed E-state index contributed by atoms with van der Waals surface area (Å²) in [5.41, 5.74) is 2.57. The van der Waals surface area contributed by atoms with Crippen molar-refractivity contribution in [3.8, 4) is 0 Å². The summed E-state index contributed by atoms with van der Waals surface area (Å²) in [4.78, 5) is 26.6. The van der Waals surface area contributed by atoms with E-state index < -0.39 is 0 Å². The first kappa shape index (κ1) is 16.6. The van der Waals surface area contributed by atoms with Crippen molar-refractivity contribution in [3.63, 3.8) is 0 Å². The summed E-state index contributed by atoms with van der Waals surface area (Å²) < 4.78 is 0. The van der Waals surface area contributed by atoms with Crippen LogP contribution in [0.2, 0.25) is 0 Å². The molecule has 4 rings (SSSR count). The van der Waals surface area contributed by atoms with Crippen LogP contribution in [0.4, 0.5) is 5.69 Å². The molecule has 5 nitrogen and oxygen atoms in total. The van der Waals surface area contributed by atoms with Crippen molar-refractivity contribution in [3.05, 3.63) is 29.3 Å². The van der Waals surface area contributed by atoms with Crippen LogP contribution in [0.5, 0.6) is 0 Å². The molecule has 25 heavy (non-hydrogen) atoms. The number of rotatable bonds is 2. The minimum absolute atomic E-state index is 0.0393. The Kier molecular flexibility index (Phi) is 4.50. The lowest BCUT2D eigenvalue weighted by Gasteiger charge is -2.37. The Hall–Kier alpha value is -1.88. The molecule has 3 aliphatic rings.